The number of rotatable bonds is 3. The van der Waals surface area contributed by atoms with E-state index in [4.69, 9.17) is 0 Å². The van der Waals surface area contributed by atoms with Crippen LogP contribution < -0.4 is 5.32 Å². The summed E-state index contributed by atoms with van der Waals surface area (Å²) in [6.07, 6.45) is 5.19. The number of carbonyl (C=O) groups excluding carboxylic acids is 3. The lowest BCUT2D eigenvalue weighted by Gasteiger charge is -2.36. The third-order valence-corrected chi connectivity index (χ3v) is 5.80. The third kappa shape index (κ3) is 3.60. The van der Waals surface area contributed by atoms with Gasteiger partial charge in [0.2, 0.25) is 17.7 Å². The average Bonchev–Trinajstić information content (AvgIpc) is 3.52. The zero-order valence-corrected chi connectivity index (χ0v) is 15.7. The Morgan fingerprint density at radius 2 is 2.04 bits per heavy atom. The molecule has 7 heteroatoms. The molecule has 2 atom stereocenters. The van der Waals surface area contributed by atoms with Gasteiger partial charge in [-0.05, 0) is 43.9 Å². The van der Waals surface area contributed by atoms with Crippen molar-refractivity contribution in [1.82, 2.24) is 20.1 Å². The monoisotopic (exact) mass is 370 g/mol. The van der Waals surface area contributed by atoms with Crippen molar-refractivity contribution in [3.05, 3.63) is 29.6 Å². The Kier molecular flexibility index (Phi) is 4.95. The summed E-state index contributed by atoms with van der Waals surface area (Å²) in [6, 6.07) is 3.74. The molecule has 3 aliphatic rings. The van der Waals surface area contributed by atoms with Gasteiger partial charge in [-0.3, -0.25) is 24.3 Å². The molecule has 1 aliphatic carbocycles. The van der Waals surface area contributed by atoms with Gasteiger partial charge < -0.3 is 10.2 Å². The molecule has 0 bridgehead atoms. The van der Waals surface area contributed by atoms with Crippen molar-refractivity contribution in [3.63, 3.8) is 0 Å². The standard InChI is InChI=1S/C20H26N4O3/c1-13(25)23-11-15-5-3-9-22-18(15)17(12-23)20(27)24(16-6-7-16)19(26)14-4-2-8-21-10-14/h3,5,9,14,16-17,21H,2,4,6-8,10-12H2,1H3. The summed E-state index contributed by atoms with van der Waals surface area (Å²) < 4.78 is 0. The normalized spacial score (nSPS) is 24.9. The lowest BCUT2D eigenvalue weighted by atomic mass is 9.92. The molecule has 7 nitrogen and oxygen atoms in total. The highest BCUT2D eigenvalue weighted by Gasteiger charge is 2.44. The van der Waals surface area contributed by atoms with E-state index in [-0.39, 0.29) is 36.2 Å². The van der Waals surface area contributed by atoms with E-state index in [9.17, 15) is 14.4 Å². The second kappa shape index (κ2) is 7.38. The first-order valence-corrected chi connectivity index (χ1v) is 9.83. The minimum absolute atomic E-state index is 0.00629. The van der Waals surface area contributed by atoms with Crippen molar-refractivity contribution in [3.8, 4) is 0 Å². The van der Waals surface area contributed by atoms with Gasteiger partial charge in [-0.2, -0.15) is 0 Å². The third-order valence-electron chi connectivity index (χ3n) is 5.80. The number of aromatic nitrogens is 1. The largest absolute Gasteiger partial charge is 0.337 e. The van der Waals surface area contributed by atoms with Crippen LogP contribution in [0.25, 0.3) is 0 Å². The maximum Gasteiger partial charge on any atom is 0.240 e. The molecule has 4 rings (SSSR count). The first-order valence-electron chi connectivity index (χ1n) is 9.83. The van der Waals surface area contributed by atoms with Crippen LogP contribution in [-0.2, 0) is 20.9 Å². The van der Waals surface area contributed by atoms with E-state index in [1.165, 1.54) is 11.8 Å². The summed E-state index contributed by atoms with van der Waals surface area (Å²) in [5, 5.41) is 3.26. The van der Waals surface area contributed by atoms with Gasteiger partial charge in [0.05, 0.1) is 17.5 Å². The quantitative estimate of drug-likeness (QED) is 0.804. The zero-order valence-electron chi connectivity index (χ0n) is 15.7. The van der Waals surface area contributed by atoms with Gasteiger partial charge in [0.1, 0.15) is 0 Å². The summed E-state index contributed by atoms with van der Waals surface area (Å²) in [4.78, 5) is 46.3. The van der Waals surface area contributed by atoms with E-state index in [1.807, 2.05) is 12.1 Å². The van der Waals surface area contributed by atoms with Gasteiger partial charge in [-0.1, -0.05) is 6.07 Å². The van der Waals surface area contributed by atoms with Crippen LogP contribution in [0, 0.1) is 5.92 Å². The molecule has 1 aromatic heterocycles. The Hall–Kier alpha value is -2.28. The van der Waals surface area contributed by atoms with Crippen LogP contribution in [0.15, 0.2) is 18.3 Å². The molecule has 1 saturated heterocycles. The Morgan fingerprint density at radius 1 is 1.22 bits per heavy atom. The van der Waals surface area contributed by atoms with E-state index in [1.54, 1.807) is 11.1 Å². The molecule has 1 N–H and O–H groups in total. The van der Waals surface area contributed by atoms with Gasteiger partial charge in [0, 0.05) is 38.8 Å². The maximum absolute atomic E-state index is 13.5. The van der Waals surface area contributed by atoms with Gasteiger partial charge in [-0.15, -0.1) is 0 Å². The molecule has 0 aromatic carbocycles. The van der Waals surface area contributed by atoms with Crippen LogP contribution >= 0.6 is 0 Å². The lowest BCUT2D eigenvalue weighted by molar-refractivity contribution is -0.150. The Bertz CT molecular complexity index is 755. The predicted octanol–water partition coefficient (Wildman–Crippen LogP) is 1.04. The smallest absolute Gasteiger partial charge is 0.240 e. The lowest BCUT2D eigenvalue weighted by Crippen LogP contribution is -2.51. The van der Waals surface area contributed by atoms with Crippen LogP contribution in [0.5, 0.6) is 0 Å². The molecule has 0 spiro atoms. The predicted molar refractivity (Wildman–Crippen MR) is 98.5 cm³/mol. The van der Waals surface area contributed by atoms with E-state index in [2.05, 4.69) is 10.3 Å². The number of nitrogens with one attached hydrogen (secondary N) is 1. The maximum atomic E-state index is 13.5. The van der Waals surface area contributed by atoms with Crippen molar-refractivity contribution >= 4 is 17.7 Å². The van der Waals surface area contributed by atoms with Crippen molar-refractivity contribution in [2.24, 2.45) is 5.92 Å². The number of hydrogen-bond acceptors (Lipinski definition) is 5. The molecule has 144 valence electrons. The SMILES string of the molecule is CC(=O)N1Cc2cccnc2C(C(=O)N(C(=O)C2CCCNC2)C2CC2)C1. The Labute approximate surface area is 159 Å². The highest BCUT2D eigenvalue weighted by molar-refractivity contribution is 6.00. The molecular formula is C20H26N4O3. The molecule has 1 saturated carbocycles. The number of imide groups is 1. The number of carbonyl (C=O) groups is 3. The van der Waals surface area contributed by atoms with Crippen LogP contribution in [0.1, 0.15) is 49.8 Å². The fourth-order valence-corrected chi connectivity index (χ4v) is 4.14. The highest BCUT2D eigenvalue weighted by Crippen LogP contribution is 2.35. The second-order valence-corrected chi connectivity index (χ2v) is 7.82. The van der Waals surface area contributed by atoms with Crippen molar-refractivity contribution in [2.75, 3.05) is 19.6 Å². The molecule has 3 heterocycles. The van der Waals surface area contributed by atoms with Crippen LogP contribution in [-0.4, -0.2) is 58.2 Å². The second-order valence-electron chi connectivity index (χ2n) is 7.82. The minimum Gasteiger partial charge on any atom is -0.337 e. The van der Waals surface area contributed by atoms with Crippen molar-refractivity contribution in [2.45, 2.75) is 51.1 Å². The summed E-state index contributed by atoms with van der Waals surface area (Å²) in [5.41, 5.74) is 1.60. The summed E-state index contributed by atoms with van der Waals surface area (Å²) >= 11 is 0. The first kappa shape index (κ1) is 18.1. The molecule has 0 radical (unpaired) electrons. The molecule has 2 unspecified atom stereocenters. The summed E-state index contributed by atoms with van der Waals surface area (Å²) in [5.74, 6) is -1.03. The van der Waals surface area contributed by atoms with Gasteiger partial charge in [0.15, 0.2) is 0 Å². The molecule has 2 fully saturated rings. The summed E-state index contributed by atoms with van der Waals surface area (Å²) in [6.45, 7) is 3.83. The molecule has 2 aliphatic heterocycles. The fraction of sp³-hybridized carbons (Fsp3) is 0.600. The van der Waals surface area contributed by atoms with E-state index >= 15 is 0 Å². The number of hydrogen-bond donors (Lipinski definition) is 1. The van der Waals surface area contributed by atoms with Crippen molar-refractivity contribution in [1.29, 1.82) is 0 Å². The molecular weight excluding hydrogens is 344 g/mol. The van der Waals surface area contributed by atoms with Gasteiger partial charge in [0.25, 0.3) is 0 Å². The number of pyridine rings is 1. The fourth-order valence-electron chi connectivity index (χ4n) is 4.14. The van der Waals surface area contributed by atoms with Crippen LogP contribution in [0.3, 0.4) is 0 Å². The van der Waals surface area contributed by atoms with Crippen LogP contribution in [0.4, 0.5) is 0 Å². The molecule has 3 amide bonds. The van der Waals surface area contributed by atoms with Crippen LogP contribution in [0.2, 0.25) is 0 Å². The van der Waals surface area contributed by atoms with Crippen molar-refractivity contribution < 1.29 is 14.4 Å². The van der Waals surface area contributed by atoms with E-state index < -0.39 is 5.92 Å². The topological polar surface area (TPSA) is 82.6 Å². The Balaban J connectivity index is 1.62. The number of nitrogens with zero attached hydrogens (tertiary/aromatic N) is 3. The number of amides is 3. The van der Waals surface area contributed by atoms with Gasteiger partial charge in [-0.25, -0.2) is 0 Å². The van der Waals surface area contributed by atoms with Gasteiger partial charge >= 0.3 is 0 Å². The molecule has 1 aromatic rings. The van der Waals surface area contributed by atoms with E-state index in [0.29, 0.717) is 18.8 Å². The highest BCUT2D eigenvalue weighted by atomic mass is 16.2. The summed E-state index contributed by atoms with van der Waals surface area (Å²) in [7, 11) is 0. The Morgan fingerprint density at radius 3 is 2.70 bits per heavy atom. The number of piperidine rings is 1. The minimum atomic E-state index is -0.569. The molecule has 27 heavy (non-hydrogen) atoms. The average molecular weight is 370 g/mol. The zero-order chi connectivity index (χ0) is 19.0. The first-order chi connectivity index (χ1) is 13.1. The number of fused-ring (bicyclic) bond motifs is 1. The van der Waals surface area contributed by atoms with E-state index in [0.717, 1.165) is 37.8 Å².